The Kier molecular flexibility index (Phi) is 19.3. The molecule has 0 aliphatic rings. The number of esters is 1. The van der Waals surface area contributed by atoms with Gasteiger partial charge in [0.1, 0.15) is 0 Å². The SMILES string of the molecule is CCCCCCCCCCCCCCCCCC(=O)OCCC(C)O. The van der Waals surface area contributed by atoms with Gasteiger partial charge in [-0.3, -0.25) is 4.79 Å². The molecule has 3 heteroatoms. The zero-order chi connectivity index (χ0) is 18.6. The van der Waals surface area contributed by atoms with Crippen LogP contribution in [-0.2, 0) is 9.53 Å². The number of carbonyl (C=O) groups is 1. The average molecular weight is 357 g/mol. The van der Waals surface area contributed by atoms with Crippen LogP contribution in [0.15, 0.2) is 0 Å². The molecule has 0 bridgehead atoms. The van der Waals surface area contributed by atoms with E-state index in [1.807, 2.05) is 0 Å². The molecule has 1 atom stereocenters. The Morgan fingerprint density at radius 3 is 1.56 bits per heavy atom. The lowest BCUT2D eigenvalue weighted by atomic mass is 10.0. The molecule has 0 amide bonds. The van der Waals surface area contributed by atoms with Gasteiger partial charge in [0, 0.05) is 12.8 Å². The average Bonchev–Trinajstić information content (AvgIpc) is 2.58. The normalized spacial score (nSPS) is 12.3. The Morgan fingerprint density at radius 1 is 0.760 bits per heavy atom. The molecular formula is C22H44O3. The highest BCUT2D eigenvalue weighted by atomic mass is 16.5. The van der Waals surface area contributed by atoms with E-state index in [1.54, 1.807) is 6.92 Å². The second-order valence-electron chi connectivity index (χ2n) is 7.56. The minimum atomic E-state index is -0.390. The van der Waals surface area contributed by atoms with E-state index in [4.69, 9.17) is 9.84 Å². The molecule has 0 aliphatic carbocycles. The van der Waals surface area contributed by atoms with E-state index in [9.17, 15) is 4.79 Å². The number of hydrogen-bond acceptors (Lipinski definition) is 3. The number of unbranched alkanes of at least 4 members (excludes halogenated alkanes) is 14. The van der Waals surface area contributed by atoms with Crippen molar-refractivity contribution in [2.24, 2.45) is 0 Å². The summed E-state index contributed by atoms with van der Waals surface area (Å²) in [6.07, 6.45) is 20.7. The van der Waals surface area contributed by atoms with E-state index in [0.29, 0.717) is 19.4 Å². The summed E-state index contributed by atoms with van der Waals surface area (Å²) in [6, 6.07) is 0. The van der Waals surface area contributed by atoms with Crippen LogP contribution >= 0.6 is 0 Å². The molecule has 25 heavy (non-hydrogen) atoms. The highest BCUT2D eigenvalue weighted by Crippen LogP contribution is 2.13. The van der Waals surface area contributed by atoms with Gasteiger partial charge in [-0.25, -0.2) is 0 Å². The third-order valence-corrected chi connectivity index (χ3v) is 4.78. The van der Waals surface area contributed by atoms with Crippen molar-refractivity contribution in [2.75, 3.05) is 6.61 Å². The number of hydrogen-bond donors (Lipinski definition) is 1. The summed E-state index contributed by atoms with van der Waals surface area (Å²) in [7, 11) is 0. The third-order valence-electron chi connectivity index (χ3n) is 4.78. The van der Waals surface area contributed by atoms with Crippen molar-refractivity contribution in [3.05, 3.63) is 0 Å². The predicted octanol–water partition coefficient (Wildman–Crippen LogP) is 6.56. The maximum absolute atomic E-state index is 11.5. The number of carbonyl (C=O) groups excluding carboxylic acids is 1. The first-order chi connectivity index (χ1) is 12.2. The monoisotopic (exact) mass is 356 g/mol. The minimum Gasteiger partial charge on any atom is -0.466 e. The molecule has 0 fully saturated rings. The molecule has 0 saturated carbocycles. The van der Waals surface area contributed by atoms with Gasteiger partial charge in [-0.05, 0) is 13.3 Å². The summed E-state index contributed by atoms with van der Waals surface area (Å²) in [4.78, 5) is 11.5. The molecule has 0 aromatic carbocycles. The molecule has 0 aromatic rings. The van der Waals surface area contributed by atoms with Gasteiger partial charge < -0.3 is 9.84 Å². The molecule has 1 unspecified atom stereocenters. The topological polar surface area (TPSA) is 46.5 Å². The van der Waals surface area contributed by atoms with Crippen molar-refractivity contribution in [3.8, 4) is 0 Å². The molecule has 0 radical (unpaired) electrons. The largest absolute Gasteiger partial charge is 0.466 e. The van der Waals surface area contributed by atoms with Crippen LogP contribution in [0.3, 0.4) is 0 Å². The van der Waals surface area contributed by atoms with Gasteiger partial charge in [0.15, 0.2) is 0 Å². The van der Waals surface area contributed by atoms with Crippen molar-refractivity contribution >= 4 is 5.97 Å². The van der Waals surface area contributed by atoms with Crippen LogP contribution < -0.4 is 0 Å². The van der Waals surface area contributed by atoms with Gasteiger partial charge in [-0.1, -0.05) is 96.8 Å². The van der Waals surface area contributed by atoms with Gasteiger partial charge in [0.2, 0.25) is 0 Å². The van der Waals surface area contributed by atoms with Crippen LogP contribution in [0.4, 0.5) is 0 Å². The van der Waals surface area contributed by atoms with Crippen LogP contribution in [0.1, 0.15) is 123 Å². The zero-order valence-electron chi connectivity index (χ0n) is 17.1. The second-order valence-corrected chi connectivity index (χ2v) is 7.56. The Hall–Kier alpha value is -0.570. The highest BCUT2D eigenvalue weighted by molar-refractivity contribution is 5.69. The minimum absolute atomic E-state index is 0.115. The molecule has 0 spiro atoms. The van der Waals surface area contributed by atoms with Gasteiger partial charge in [-0.2, -0.15) is 0 Å². The number of aliphatic hydroxyl groups excluding tert-OH is 1. The summed E-state index contributed by atoms with van der Waals surface area (Å²) < 4.78 is 5.07. The van der Waals surface area contributed by atoms with Crippen molar-refractivity contribution in [2.45, 2.75) is 129 Å². The summed E-state index contributed by atoms with van der Waals surface area (Å²) >= 11 is 0. The van der Waals surface area contributed by atoms with E-state index in [0.717, 1.165) is 12.8 Å². The summed E-state index contributed by atoms with van der Waals surface area (Å²) in [5.41, 5.74) is 0. The lowest BCUT2D eigenvalue weighted by Crippen LogP contribution is -2.10. The Balaban J connectivity index is 3.10. The van der Waals surface area contributed by atoms with Crippen molar-refractivity contribution in [1.29, 1.82) is 0 Å². The van der Waals surface area contributed by atoms with Crippen molar-refractivity contribution in [3.63, 3.8) is 0 Å². The van der Waals surface area contributed by atoms with Crippen LogP contribution in [0, 0.1) is 0 Å². The first-order valence-electron chi connectivity index (χ1n) is 11.0. The molecule has 0 heterocycles. The van der Waals surface area contributed by atoms with Gasteiger partial charge in [0.25, 0.3) is 0 Å². The molecular weight excluding hydrogens is 312 g/mol. The van der Waals surface area contributed by atoms with E-state index in [2.05, 4.69) is 6.92 Å². The van der Waals surface area contributed by atoms with Crippen molar-refractivity contribution in [1.82, 2.24) is 0 Å². The molecule has 0 aromatic heterocycles. The highest BCUT2D eigenvalue weighted by Gasteiger charge is 2.03. The predicted molar refractivity (Wildman–Crippen MR) is 107 cm³/mol. The number of ether oxygens (including phenoxy) is 1. The van der Waals surface area contributed by atoms with Gasteiger partial charge in [-0.15, -0.1) is 0 Å². The molecule has 0 aliphatic heterocycles. The van der Waals surface area contributed by atoms with Gasteiger partial charge >= 0.3 is 5.97 Å². The van der Waals surface area contributed by atoms with E-state index in [1.165, 1.54) is 83.5 Å². The Morgan fingerprint density at radius 2 is 1.16 bits per heavy atom. The van der Waals surface area contributed by atoms with Crippen molar-refractivity contribution < 1.29 is 14.6 Å². The Labute approximate surface area is 156 Å². The molecule has 3 nitrogen and oxygen atoms in total. The fourth-order valence-electron chi connectivity index (χ4n) is 3.06. The first-order valence-corrected chi connectivity index (χ1v) is 11.0. The lowest BCUT2D eigenvalue weighted by molar-refractivity contribution is -0.144. The van der Waals surface area contributed by atoms with E-state index >= 15 is 0 Å². The van der Waals surface area contributed by atoms with Crippen LogP contribution in [0.25, 0.3) is 0 Å². The quantitative estimate of drug-likeness (QED) is 0.210. The van der Waals surface area contributed by atoms with Crippen LogP contribution in [0.5, 0.6) is 0 Å². The van der Waals surface area contributed by atoms with Gasteiger partial charge in [0.05, 0.1) is 12.7 Å². The standard InChI is InChI=1S/C22H44O3/c1-3-4-5-6-7-8-9-10-11-12-13-14-15-16-17-18-22(24)25-20-19-21(2)23/h21,23H,3-20H2,1-2H3. The molecule has 0 saturated heterocycles. The summed E-state index contributed by atoms with van der Waals surface area (Å²) in [6.45, 7) is 4.33. The third kappa shape index (κ3) is 21.4. The van der Waals surface area contributed by atoms with E-state index in [-0.39, 0.29) is 5.97 Å². The fraction of sp³-hybridized carbons (Fsp3) is 0.955. The molecule has 1 N–H and O–H groups in total. The summed E-state index contributed by atoms with van der Waals surface area (Å²) in [5, 5.41) is 9.09. The van der Waals surface area contributed by atoms with Crippen LogP contribution in [0.2, 0.25) is 0 Å². The number of aliphatic hydroxyl groups is 1. The van der Waals surface area contributed by atoms with Crippen LogP contribution in [-0.4, -0.2) is 23.8 Å². The smallest absolute Gasteiger partial charge is 0.305 e. The maximum Gasteiger partial charge on any atom is 0.305 e. The second kappa shape index (κ2) is 19.8. The first kappa shape index (κ1) is 24.4. The summed E-state index contributed by atoms with van der Waals surface area (Å²) in [5.74, 6) is -0.115. The molecule has 150 valence electrons. The molecule has 0 rings (SSSR count). The lowest BCUT2D eigenvalue weighted by Gasteiger charge is -2.06. The Bertz CT molecular complexity index is 276. The maximum atomic E-state index is 11.5. The van der Waals surface area contributed by atoms with E-state index < -0.39 is 6.10 Å². The zero-order valence-corrected chi connectivity index (χ0v) is 17.1. The fourth-order valence-corrected chi connectivity index (χ4v) is 3.06. The number of rotatable bonds is 19.